The number of rotatable bonds is 4. The summed E-state index contributed by atoms with van der Waals surface area (Å²) in [5.74, 6) is -0.576. The number of piperazine rings is 1. The minimum atomic E-state index is -0.386. The van der Waals surface area contributed by atoms with Crippen molar-refractivity contribution in [2.75, 3.05) is 38.0 Å². The van der Waals surface area contributed by atoms with E-state index in [2.05, 4.69) is 21.2 Å². The van der Waals surface area contributed by atoms with Crippen LogP contribution in [0.3, 0.4) is 0 Å². The third-order valence-corrected chi connectivity index (χ3v) is 5.59. The number of para-hydroxylation sites is 1. The number of nitrogens with zero attached hydrogens (tertiary/aromatic N) is 2. The number of aryl methyl sites for hydroxylation is 2. The number of amides is 2. The maximum absolute atomic E-state index is 13.2. The first kappa shape index (κ1) is 20.5. The van der Waals surface area contributed by atoms with Crippen LogP contribution in [0.4, 0.5) is 10.1 Å². The van der Waals surface area contributed by atoms with Crippen molar-refractivity contribution >= 4 is 33.4 Å². The predicted octanol–water partition coefficient (Wildman–Crippen LogP) is 3.60. The highest BCUT2D eigenvalue weighted by Crippen LogP contribution is 2.21. The van der Waals surface area contributed by atoms with Crippen LogP contribution in [-0.4, -0.2) is 54.3 Å². The molecule has 1 aliphatic heterocycles. The molecular weight excluding hydrogens is 425 g/mol. The summed E-state index contributed by atoms with van der Waals surface area (Å²) < 4.78 is 13.7. The van der Waals surface area contributed by atoms with Crippen molar-refractivity contribution < 1.29 is 14.0 Å². The van der Waals surface area contributed by atoms with Crippen LogP contribution in [0.2, 0.25) is 0 Å². The van der Waals surface area contributed by atoms with Gasteiger partial charge in [-0.3, -0.25) is 14.5 Å². The fourth-order valence-corrected chi connectivity index (χ4v) is 3.86. The number of hydrogen-bond donors (Lipinski definition) is 1. The van der Waals surface area contributed by atoms with Crippen LogP contribution < -0.4 is 5.32 Å². The number of carbonyl (C=O) groups is 2. The van der Waals surface area contributed by atoms with Gasteiger partial charge in [-0.2, -0.15) is 0 Å². The highest BCUT2D eigenvalue weighted by molar-refractivity contribution is 9.10. The smallest absolute Gasteiger partial charge is 0.255 e. The summed E-state index contributed by atoms with van der Waals surface area (Å²) in [5, 5.41) is 3.00. The van der Waals surface area contributed by atoms with E-state index in [9.17, 15) is 14.0 Å². The number of hydrogen-bond acceptors (Lipinski definition) is 3. The Kier molecular flexibility index (Phi) is 6.46. The summed E-state index contributed by atoms with van der Waals surface area (Å²) in [6.45, 7) is 6.52. The minimum Gasteiger partial charge on any atom is -0.336 e. The van der Waals surface area contributed by atoms with E-state index in [0.29, 0.717) is 36.2 Å². The second-order valence-corrected chi connectivity index (χ2v) is 7.86. The van der Waals surface area contributed by atoms with Gasteiger partial charge in [-0.25, -0.2) is 4.39 Å². The van der Waals surface area contributed by atoms with Gasteiger partial charge >= 0.3 is 0 Å². The van der Waals surface area contributed by atoms with Gasteiger partial charge in [-0.05, 0) is 59.1 Å². The number of halogens is 2. The van der Waals surface area contributed by atoms with E-state index in [1.165, 1.54) is 18.2 Å². The Labute approximate surface area is 172 Å². The van der Waals surface area contributed by atoms with Gasteiger partial charge in [0, 0.05) is 36.3 Å². The molecular formula is C21H23BrFN3O2. The Hall–Kier alpha value is -2.25. The molecule has 0 bridgehead atoms. The number of benzene rings is 2. The molecule has 5 nitrogen and oxygen atoms in total. The van der Waals surface area contributed by atoms with Crippen molar-refractivity contribution in [2.24, 2.45) is 0 Å². The van der Waals surface area contributed by atoms with Crippen LogP contribution in [0.5, 0.6) is 0 Å². The van der Waals surface area contributed by atoms with Gasteiger partial charge in [0.15, 0.2) is 0 Å². The molecule has 1 saturated heterocycles. The largest absolute Gasteiger partial charge is 0.336 e. The minimum absolute atomic E-state index is 0.0570. The molecule has 0 atom stereocenters. The van der Waals surface area contributed by atoms with E-state index in [4.69, 9.17) is 0 Å². The molecule has 28 heavy (non-hydrogen) atoms. The van der Waals surface area contributed by atoms with Crippen LogP contribution in [-0.2, 0) is 4.79 Å². The number of carbonyl (C=O) groups excluding carboxylic acids is 2. The first-order chi connectivity index (χ1) is 13.3. The molecule has 0 unspecified atom stereocenters. The highest BCUT2D eigenvalue weighted by atomic mass is 79.9. The average Bonchev–Trinajstić information content (AvgIpc) is 2.65. The molecule has 2 aromatic carbocycles. The van der Waals surface area contributed by atoms with Crippen molar-refractivity contribution in [3.63, 3.8) is 0 Å². The number of anilines is 1. The molecule has 2 aromatic rings. The molecule has 0 aliphatic carbocycles. The molecule has 1 aliphatic rings. The monoisotopic (exact) mass is 447 g/mol. The predicted molar refractivity (Wildman–Crippen MR) is 111 cm³/mol. The Morgan fingerprint density at radius 3 is 2.32 bits per heavy atom. The van der Waals surface area contributed by atoms with E-state index in [0.717, 1.165) is 16.8 Å². The van der Waals surface area contributed by atoms with Crippen molar-refractivity contribution in [2.45, 2.75) is 13.8 Å². The summed E-state index contributed by atoms with van der Waals surface area (Å²) in [7, 11) is 0. The average molecular weight is 448 g/mol. The van der Waals surface area contributed by atoms with E-state index in [1.807, 2.05) is 36.9 Å². The molecule has 7 heteroatoms. The highest BCUT2D eigenvalue weighted by Gasteiger charge is 2.24. The van der Waals surface area contributed by atoms with E-state index >= 15 is 0 Å². The summed E-state index contributed by atoms with van der Waals surface area (Å²) in [5.41, 5.74) is 3.38. The summed E-state index contributed by atoms with van der Waals surface area (Å²) in [6, 6.07) is 9.98. The van der Waals surface area contributed by atoms with E-state index in [1.54, 1.807) is 4.90 Å². The third-order valence-electron chi connectivity index (χ3n) is 4.93. The summed E-state index contributed by atoms with van der Waals surface area (Å²) >= 11 is 3.25. The van der Waals surface area contributed by atoms with Crippen molar-refractivity contribution in [1.82, 2.24) is 9.80 Å². The third kappa shape index (κ3) is 4.77. The fraction of sp³-hybridized carbons (Fsp3) is 0.333. The summed E-state index contributed by atoms with van der Waals surface area (Å²) in [4.78, 5) is 28.8. The van der Waals surface area contributed by atoms with Crippen LogP contribution >= 0.6 is 15.9 Å². The lowest BCUT2D eigenvalue weighted by Crippen LogP contribution is -2.50. The Morgan fingerprint density at radius 1 is 1.07 bits per heavy atom. The molecule has 2 amide bonds. The van der Waals surface area contributed by atoms with Crippen LogP contribution in [0, 0.1) is 19.7 Å². The van der Waals surface area contributed by atoms with E-state index in [-0.39, 0.29) is 24.2 Å². The fourth-order valence-electron chi connectivity index (χ4n) is 3.34. The molecule has 1 fully saturated rings. The zero-order chi connectivity index (χ0) is 20.3. The Bertz CT molecular complexity index is 875. The van der Waals surface area contributed by atoms with Gasteiger partial charge < -0.3 is 10.2 Å². The normalized spacial score (nSPS) is 14.8. The Balaban J connectivity index is 1.54. The summed E-state index contributed by atoms with van der Waals surface area (Å²) in [6.07, 6.45) is 0. The zero-order valence-electron chi connectivity index (χ0n) is 16.0. The maximum atomic E-state index is 13.2. The van der Waals surface area contributed by atoms with Gasteiger partial charge in [0.2, 0.25) is 5.91 Å². The second kappa shape index (κ2) is 8.84. The van der Waals surface area contributed by atoms with Gasteiger partial charge in [-0.15, -0.1) is 0 Å². The standard InChI is InChI=1S/C21H23BrFN3O2/c1-14-4-3-5-15(2)20(14)24-19(27)13-25-8-10-26(11-9-25)21(28)17-7-6-16(23)12-18(17)22/h3-7,12H,8-11,13H2,1-2H3,(H,24,27). The van der Waals surface area contributed by atoms with Gasteiger partial charge in [-0.1, -0.05) is 18.2 Å². The van der Waals surface area contributed by atoms with Crippen LogP contribution in [0.15, 0.2) is 40.9 Å². The lowest BCUT2D eigenvalue weighted by molar-refractivity contribution is -0.117. The maximum Gasteiger partial charge on any atom is 0.255 e. The first-order valence-corrected chi connectivity index (χ1v) is 9.97. The van der Waals surface area contributed by atoms with Crippen molar-refractivity contribution in [3.8, 4) is 0 Å². The van der Waals surface area contributed by atoms with Gasteiger partial charge in [0.05, 0.1) is 12.1 Å². The SMILES string of the molecule is Cc1cccc(C)c1NC(=O)CN1CCN(C(=O)c2ccc(F)cc2Br)CC1. The molecule has 1 N–H and O–H groups in total. The molecule has 1 heterocycles. The van der Waals surface area contributed by atoms with Crippen LogP contribution in [0.1, 0.15) is 21.5 Å². The van der Waals surface area contributed by atoms with Gasteiger partial charge in [0.25, 0.3) is 5.91 Å². The molecule has 0 aromatic heterocycles. The lowest BCUT2D eigenvalue weighted by Gasteiger charge is -2.34. The molecule has 0 radical (unpaired) electrons. The van der Waals surface area contributed by atoms with Crippen molar-refractivity contribution in [3.05, 3.63) is 63.4 Å². The lowest BCUT2D eigenvalue weighted by atomic mass is 10.1. The molecule has 0 spiro atoms. The zero-order valence-corrected chi connectivity index (χ0v) is 17.6. The van der Waals surface area contributed by atoms with E-state index < -0.39 is 0 Å². The van der Waals surface area contributed by atoms with Crippen LogP contribution in [0.25, 0.3) is 0 Å². The topological polar surface area (TPSA) is 52.7 Å². The Morgan fingerprint density at radius 2 is 1.71 bits per heavy atom. The molecule has 3 rings (SSSR count). The first-order valence-electron chi connectivity index (χ1n) is 9.18. The van der Waals surface area contributed by atoms with Crippen molar-refractivity contribution in [1.29, 1.82) is 0 Å². The van der Waals surface area contributed by atoms with Gasteiger partial charge in [0.1, 0.15) is 5.82 Å². The second-order valence-electron chi connectivity index (χ2n) is 7.01. The number of nitrogens with one attached hydrogen (secondary N) is 1. The quantitative estimate of drug-likeness (QED) is 0.778. The molecule has 0 saturated carbocycles. The molecule has 148 valence electrons.